The first-order chi connectivity index (χ1) is 13.0. The second-order valence-electron chi connectivity index (χ2n) is 6.32. The van der Waals surface area contributed by atoms with Crippen LogP contribution in [0.4, 0.5) is 8.78 Å². The molecule has 0 unspecified atom stereocenters. The topological polar surface area (TPSA) is 45.7 Å². The minimum absolute atomic E-state index is 0.146. The Morgan fingerprint density at radius 1 is 1.11 bits per heavy atom. The number of hydrogen-bond donors (Lipinski definition) is 2. The monoisotopic (exact) mass is 387 g/mol. The molecule has 3 rings (SSSR count). The van der Waals surface area contributed by atoms with Crippen molar-refractivity contribution in [2.45, 2.75) is 19.0 Å². The summed E-state index contributed by atoms with van der Waals surface area (Å²) in [6.07, 6.45) is 0. The van der Waals surface area contributed by atoms with E-state index < -0.39 is 11.6 Å². The van der Waals surface area contributed by atoms with Crippen LogP contribution < -0.4 is 10.6 Å². The first kappa shape index (κ1) is 19.2. The standard InChI is InChI=1S/C21H20F2N2OS/c1-14(17-10-9-16(22)12-18(17)23)24-13-20(26)25-21(19-8-5-11-27-19)15-6-3-2-4-7-15/h2-12,14,21,24H,13H2,1H3,(H,25,26)/p+1/t14-,21-/m0/s1. The van der Waals surface area contributed by atoms with E-state index in [4.69, 9.17) is 0 Å². The third-order valence-corrected chi connectivity index (χ3v) is 5.31. The van der Waals surface area contributed by atoms with E-state index >= 15 is 0 Å². The van der Waals surface area contributed by atoms with Gasteiger partial charge in [0.1, 0.15) is 17.7 Å². The largest absolute Gasteiger partial charge is 0.339 e. The highest BCUT2D eigenvalue weighted by Gasteiger charge is 2.20. The minimum Gasteiger partial charge on any atom is -0.339 e. The van der Waals surface area contributed by atoms with E-state index in [2.05, 4.69) is 5.32 Å². The highest BCUT2D eigenvalue weighted by Crippen LogP contribution is 2.25. The van der Waals surface area contributed by atoms with E-state index in [0.29, 0.717) is 5.56 Å². The van der Waals surface area contributed by atoms with Gasteiger partial charge in [-0.05, 0) is 36.1 Å². The van der Waals surface area contributed by atoms with Crippen molar-refractivity contribution in [1.82, 2.24) is 5.32 Å². The first-order valence-electron chi connectivity index (χ1n) is 8.70. The van der Waals surface area contributed by atoms with E-state index in [1.807, 2.05) is 47.8 Å². The van der Waals surface area contributed by atoms with Gasteiger partial charge >= 0.3 is 0 Å². The summed E-state index contributed by atoms with van der Waals surface area (Å²) in [6.45, 7) is 1.93. The first-order valence-corrected chi connectivity index (χ1v) is 9.58. The lowest BCUT2D eigenvalue weighted by Gasteiger charge is -2.18. The molecule has 140 valence electrons. The summed E-state index contributed by atoms with van der Waals surface area (Å²) in [5, 5.41) is 6.77. The number of nitrogens with one attached hydrogen (secondary N) is 1. The second-order valence-corrected chi connectivity index (χ2v) is 7.30. The number of thiophene rings is 1. The Bertz CT molecular complexity index is 884. The average molecular weight is 387 g/mol. The van der Waals surface area contributed by atoms with Gasteiger partial charge in [0.25, 0.3) is 5.91 Å². The van der Waals surface area contributed by atoms with Gasteiger partial charge in [0.05, 0.1) is 6.04 Å². The van der Waals surface area contributed by atoms with E-state index in [-0.39, 0.29) is 24.5 Å². The Morgan fingerprint density at radius 3 is 2.56 bits per heavy atom. The molecule has 0 aliphatic rings. The van der Waals surface area contributed by atoms with Crippen molar-refractivity contribution in [1.29, 1.82) is 0 Å². The van der Waals surface area contributed by atoms with Crippen molar-refractivity contribution in [2.24, 2.45) is 0 Å². The number of halogens is 2. The zero-order valence-electron chi connectivity index (χ0n) is 14.9. The molecule has 1 heterocycles. The molecule has 3 aromatic rings. The van der Waals surface area contributed by atoms with Crippen LogP contribution in [0.25, 0.3) is 0 Å². The SMILES string of the molecule is C[C@H]([NH2+]CC(=O)N[C@@H](c1ccccc1)c1cccs1)c1ccc(F)cc1F. The molecule has 0 aliphatic heterocycles. The number of carbonyl (C=O) groups excluding carboxylic acids is 1. The van der Waals surface area contributed by atoms with Crippen molar-refractivity contribution in [3.8, 4) is 0 Å². The van der Waals surface area contributed by atoms with Crippen molar-refractivity contribution in [3.63, 3.8) is 0 Å². The summed E-state index contributed by atoms with van der Waals surface area (Å²) in [6, 6.07) is 16.7. The third kappa shape index (κ3) is 4.99. The zero-order valence-corrected chi connectivity index (χ0v) is 15.7. The van der Waals surface area contributed by atoms with Crippen LogP contribution in [0, 0.1) is 11.6 Å². The Labute approximate surface area is 161 Å². The number of hydrogen-bond acceptors (Lipinski definition) is 2. The fourth-order valence-corrected chi connectivity index (χ4v) is 3.72. The van der Waals surface area contributed by atoms with Gasteiger partial charge in [0.2, 0.25) is 0 Å². The molecule has 0 aliphatic carbocycles. The summed E-state index contributed by atoms with van der Waals surface area (Å²) in [5.74, 6) is -1.35. The number of quaternary nitrogens is 1. The smallest absolute Gasteiger partial charge is 0.275 e. The number of benzene rings is 2. The fourth-order valence-electron chi connectivity index (χ4n) is 2.92. The maximum absolute atomic E-state index is 13.9. The molecule has 0 fully saturated rings. The summed E-state index contributed by atoms with van der Waals surface area (Å²) >= 11 is 1.58. The minimum atomic E-state index is -0.608. The molecule has 3 nitrogen and oxygen atoms in total. The molecule has 1 amide bonds. The molecular formula is C21H21F2N2OS+. The molecule has 6 heteroatoms. The van der Waals surface area contributed by atoms with Crippen molar-refractivity contribution >= 4 is 17.2 Å². The molecule has 0 spiro atoms. The zero-order chi connectivity index (χ0) is 19.2. The Balaban J connectivity index is 1.64. The van der Waals surface area contributed by atoms with Gasteiger partial charge in [-0.1, -0.05) is 36.4 Å². The summed E-state index contributed by atoms with van der Waals surface area (Å²) < 4.78 is 26.9. The normalized spacial score (nSPS) is 13.1. The lowest BCUT2D eigenvalue weighted by atomic mass is 10.1. The van der Waals surface area contributed by atoms with E-state index in [1.54, 1.807) is 23.6 Å². The van der Waals surface area contributed by atoms with Crippen LogP contribution >= 0.6 is 11.3 Å². The third-order valence-electron chi connectivity index (χ3n) is 4.38. The van der Waals surface area contributed by atoms with Gasteiger partial charge < -0.3 is 10.6 Å². The highest BCUT2D eigenvalue weighted by atomic mass is 32.1. The Kier molecular flexibility index (Phi) is 6.32. The van der Waals surface area contributed by atoms with Crippen LogP contribution in [0.3, 0.4) is 0 Å². The summed E-state index contributed by atoms with van der Waals surface area (Å²) in [5.41, 5.74) is 1.38. The predicted octanol–water partition coefficient (Wildman–Crippen LogP) is 3.56. The molecule has 3 N–H and O–H groups in total. The van der Waals surface area contributed by atoms with Crippen LogP contribution in [0.5, 0.6) is 0 Å². The van der Waals surface area contributed by atoms with Gasteiger partial charge in [-0.25, -0.2) is 8.78 Å². The van der Waals surface area contributed by atoms with Crippen LogP contribution in [-0.2, 0) is 4.79 Å². The molecule has 2 aromatic carbocycles. The van der Waals surface area contributed by atoms with Crippen molar-refractivity contribution in [2.75, 3.05) is 6.54 Å². The van der Waals surface area contributed by atoms with E-state index in [9.17, 15) is 13.6 Å². The van der Waals surface area contributed by atoms with Crippen molar-refractivity contribution < 1.29 is 18.9 Å². The van der Waals surface area contributed by atoms with Gasteiger partial charge in [-0.2, -0.15) is 0 Å². The number of nitrogens with two attached hydrogens (primary N) is 1. The number of rotatable bonds is 7. The quantitative estimate of drug-likeness (QED) is 0.640. The van der Waals surface area contributed by atoms with Crippen molar-refractivity contribution in [3.05, 3.63) is 93.7 Å². The molecule has 1 aromatic heterocycles. The highest BCUT2D eigenvalue weighted by molar-refractivity contribution is 7.10. The van der Waals surface area contributed by atoms with Crippen LogP contribution in [0.1, 0.15) is 35.0 Å². The number of amides is 1. The number of carbonyl (C=O) groups is 1. The molecule has 0 bridgehead atoms. The van der Waals surface area contributed by atoms with E-state index in [0.717, 1.165) is 16.5 Å². The summed E-state index contributed by atoms with van der Waals surface area (Å²) in [4.78, 5) is 13.6. The lowest BCUT2D eigenvalue weighted by Crippen LogP contribution is -2.87. The van der Waals surface area contributed by atoms with Gasteiger partial charge in [-0.3, -0.25) is 4.79 Å². The predicted molar refractivity (Wildman–Crippen MR) is 102 cm³/mol. The molecule has 2 atom stereocenters. The molecule has 0 saturated carbocycles. The summed E-state index contributed by atoms with van der Waals surface area (Å²) in [7, 11) is 0. The Hall–Kier alpha value is -2.57. The maximum atomic E-state index is 13.9. The van der Waals surface area contributed by atoms with Gasteiger partial charge in [0, 0.05) is 16.5 Å². The molecule has 27 heavy (non-hydrogen) atoms. The lowest BCUT2D eigenvalue weighted by molar-refractivity contribution is -0.682. The second kappa shape index (κ2) is 8.88. The fraction of sp³-hybridized carbons (Fsp3) is 0.190. The maximum Gasteiger partial charge on any atom is 0.275 e. The van der Waals surface area contributed by atoms with Gasteiger partial charge in [0.15, 0.2) is 6.54 Å². The Morgan fingerprint density at radius 2 is 1.89 bits per heavy atom. The van der Waals surface area contributed by atoms with Crippen LogP contribution in [0.15, 0.2) is 66.0 Å². The van der Waals surface area contributed by atoms with Gasteiger partial charge in [-0.15, -0.1) is 11.3 Å². The molecule has 0 saturated heterocycles. The van der Waals surface area contributed by atoms with E-state index in [1.165, 1.54) is 12.1 Å². The van der Waals surface area contributed by atoms with Crippen LogP contribution in [0.2, 0.25) is 0 Å². The molecular weight excluding hydrogens is 366 g/mol. The average Bonchev–Trinajstić information content (AvgIpc) is 3.19. The van der Waals surface area contributed by atoms with Crippen LogP contribution in [-0.4, -0.2) is 12.5 Å². The molecule has 0 radical (unpaired) electrons.